The SMILES string of the molecule is Cc1ccc(C)c(Oc2ccc(CNC(=O)CCNc3ncccn3)cn2)c1. The van der Waals surface area contributed by atoms with Crippen molar-refractivity contribution < 1.29 is 9.53 Å². The summed E-state index contributed by atoms with van der Waals surface area (Å²) in [5.74, 6) is 1.78. The van der Waals surface area contributed by atoms with Crippen molar-refractivity contribution in [3.63, 3.8) is 0 Å². The number of anilines is 1. The molecule has 0 saturated carbocycles. The Morgan fingerprint density at radius 1 is 1.07 bits per heavy atom. The lowest BCUT2D eigenvalue weighted by molar-refractivity contribution is -0.121. The average Bonchev–Trinajstić information content (AvgIpc) is 2.71. The molecule has 0 saturated heterocycles. The highest BCUT2D eigenvalue weighted by Gasteiger charge is 2.05. The van der Waals surface area contributed by atoms with Gasteiger partial charge in [-0.15, -0.1) is 0 Å². The number of pyridine rings is 1. The predicted octanol–water partition coefficient (Wildman–Crippen LogP) is 3.40. The zero-order valence-corrected chi connectivity index (χ0v) is 16.0. The van der Waals surface area contributed by atoms with Crippen LogP contribution in [0.5, 0.6) is 11.6 Å². The van der Waals surface area contributed by atoms with Crippen LogP contribution in [0.25, 0.3) is 0 Å². The first-order valence-corrected chi connectivity index (χ1v) is 9.08. The number of aryl methyl sites for hydroxylation is 2. The van der Waals surface area contributed by atoms with Crippen LogP contribution in [-0.2, 0) is 11.3 Å². The fourth-order valence-corrected chi connectivity index (χ4v) is 2.47. The molecule has 2 aromatic heterocycles. The molecule has 7 nitrogen and oxygen atoms in total. The molecule has 0 radical (unpaired) electrons. The van der Waals surface area contributed by atoms with E-state index in [9.17, 15) is 4.79 Å². The van der Waals surface area contributed by atoms with Crippen molar-refractivity contribution in [2.24, 2.45) is 0 Å². The molecule has 7 heteroatoms. The highest BCUT2D eigenvalue weighted by atomic mass is 16.5. The van der Waals surface area contributed by atoms with Gasteiger partial charge in [-0.3, -0.25) is 4.79 Å². The van der Waals surface area contributed by atoms with Crippen molar-refractivity contribution >= 4 is 11.9 Å². The molecule has 2 heterocycles. The Morgan fingerprint density at radius 2 is 1.89 bits per heavy atom. The Kier molecular flexibility index (Phi) is 6.51. The van der Waals surface area contributed by atoms with E-state index in [1.165, 1.54) is 0 Å². The maximum Gasteiger partial charge on any atom is 0.222 e. The number of rotatable bonds is 8. The van der Waals surface area contributed by atoms with Crippen LogP contribution in [-0.4, -0.2) is 27.4 Å². The fraction of sp³-hybridized carbons (Fsp3) is 0.238. The van der Waals surface area contributed by atoms with Gasteiger partial charge < -0.3 is 15.4 Å². The second-order valence-corrected chi connectivity index (χ2v) is 6.40. The number of aromatic nitrogens is 3. The van der Waals surface area contributed by atoms with Gasteiger partial charge in [-0.2, -0.15) is 0 Å². The molecule has 0 fully saturated rings. The third-order valence-corrected chi connectivity index (χ3v) is 4.05. The molecule has 0 unspecified atom stereocenters. The molecule has 0 aliphatic rings. The molecule has 0 spiro atoms. The zero-order valence-electron chi connectivity index (χ0n) is 16.0. The van der Waals surface area contributed by atoms with E-state index in [-0.39, 0.29) is 5.91 Å². The van der Waals surface area contributed by atoms with Crippen molar-refractivity contribution in [3.05, 3.63) is 71.7 Å². The van der Waals surface area contributed by atoms with Gasteiger partial charge in [0.25, 0.3) is 0 Å². The minimum absolute atomic E-state index is 0.0563. The van der Waals surface area contributed by atoms with E-state index >= 15 is 0 Å². The topological polar surface area (TPSA) is 89.0 Å². The van der Waals surface area contributed by atoms with Crippen LogP contribution in [0, 0.1) is 13.8 Å². The van der Waals surface area contributed by atoms with Crippen molar-refractivity contribution in [1.82, 2.24) is 20.3 Å². The Hall–Kier alpha value is -3.48. The molecule has 3 aromatic rings. The highest BCUT2D eigenvalue weighted by molar-refractivity contribution is 5.76. The van der Waals surface area contributed by atoms with Crippen LogP contribution in [0.1, 0.15) is 23.1 Å². The van der Waals surface area contributed by atoms with E-state index in [4.69, 9.17) is 4.74 Å². The van der Waals surface area contributed by atoms with Crippen LogP contribution < -0.4 is 15.4 Å². The third kappa shape index (κ3) is 5.77. The van der Waals surface area contributed by atoms with Gasteiger partial charge in [-0.05, 0) is 42.7 Å². The maximum atomic E-state index is 11.9. The van der Waals surface area contributed by atoms with Gasteiger partial charge in [0.05, 0.1) is 0 Å². The van der Waals surface area contributed by atoms with E-state index < -0.39 is 0 Å². The molecule has 2 N–H and O–H groups in total. The summed E-state index contributed by atoms with van der Waals surface area (Å²) in [6.07, 6.45) is 5.34. The minimum Gasteiger partial charge on any atom is -0.439 e. The Labute approximate surface area is 164 Å². The van der Waals surface area contributed by atoms with Crippen molar-refractivity contribution in [1.29, 1.82) is 0 Å². The minimum atomic E-state index is -0.0563. The molecular weight excluding hydrogens is 354 g/mol. The van der Waals surface area contributed by atoms with E-state index in [1.807, 2.05) is 38.1 Å². The quantitative estimate of drug-likeness (QED) is 0.625. The lowest BCUT2D eigenvalue weighted by Crippen LogP contribution is -2.25. The standard InChI is InChI=1S/C21H23N5O2/c1-15-4-5-16(2)18(12-15)28-20-7-6-17(14-26-20)13-25-19(27)8-11-24-21-22-9-3-10-23-21/h3-7,9-10,12,14H,8,11,13H2,1-2H3,(H,25,27)(H,22,23,24). The van der Waals surface area contributed by atoms with Gasteiger partial charge in [0.15, 0.2) is 0 Å². The Bertz CT molecular complexity index is 914. The lowest BCUT2D eigenvalue weighted by atomic mass is 10.1. The molecule has 1 aromatic carbocycles. The van der Waals surface area contributed by atoms with Crippen LogP contribution in [0.15, 0.2) is 55.0 Å². The smallest absolute Gasteiger partial charge is 0.222 e. The van der Waals surface area contributed by atoms with Crippen LogP contribution in [0.4, 0.5) is 5.95 Å². The second kappa shape index (κ2) is 9.45. The Balaban J connectivity index is 1.43. The van der Waals surface area contributed by atoms with Gasteiger partial charge in [-0.1, -0.05) is 18.2 Å². The van der Waals surface area contributed by atoms with Crippen LogP contribution in [0.3, 0.4) is 0 Å². The average molecular weight is 377 g/mol. The molecule has 0 bridgehead atoms. The van der Waals surface area contributed by atoms with E-state index in [1.54, 1.807) is 30.7 Å². The molecule has 1 amide bonds. The molecule has 0 atom stereocenters. The second-order valence-electron chi connectivity index (χ2n) is 6.40. The van der Waals surface area contributed by atoms with Gasteiger partial charge in [0, 0.05) is 44.2 Å². The summed E-state index contributed by atoms with van der Waals surface area (Å²) in [4.78, 5) is 24.4. The normalized spacial score (nSPS) is 10.4. The number of hydrogen-bond acceptors (Lipinski definition) is 6. The van der Waals surface area contributed by atoms with E-state index in [2.05, 4.69) is 25.6 Å². The summed E-state index contributed by atoms with van der Waals surface area (Å²) in [5, 5.41) is 5.87. The number of nitrogens with zero attached hydrogens (tertiary/aromatic N) is 3. The molecule has 0 aliphatic carbocycles. The van der Waals surface area contributed by atoms with Crippen molar-refractivity contribution in [2.75, 3.05) is 11.9 Å². The molecular formula is C21H23N5O2. The maximum absolute atomic E-state index is 11.9. The van der Waals surface area contributed by atoms with Crippen molar-refractivity contribution in [3.8, 4) is 11.6 Å². The Morgan fingerprint density at radius 3 is 2.64 bits per heavy atom. The number of benzene rings is 1. The summed E-state index contributed by atoms with van der Waals surface area (Å²) in [5.41, 5.74) is 3.09. The zero-order chi connectivity index (χ0) is 19.8. The van der Waals surface area contributed by atoms with Gasteiger partial charge >= 0.3 is 0 Å². The number of carbonyl (C=O) groups excluding carboxylic acids is 1. The van der Waals surface area contributed by atoms with E-state index in [0.29, 0.717) is 31.3 Å². The van der Waals surface area contributed by atoms with Crippen molar-refractivity contribution in [2.45, 2.75) is 26.8 Å². The van der Waals surface area contributed by atoms with Gasteiger partial charge in [0.2, 0.25) is 17.7 Å². The lowest BCUT2D eigenvalue weighted by Gasteiger charge is -2.10. The monoisotopic (exact) mass is 377 g/mol. The first kappa shape index (κ1) is 19.3. The molecule has 3 rings (SSSR count). The molecule has 0 aliphatic heterocycles. The summed E-state index contributed by atoms with van der Waals surface area (Å²) in [6, 6.07) is 11.5. The largest absolute Gasteiger partial charge is 0.439 e. The number of ether oxygens (including phenoxy) is 1. The molecule has 144 valence electrons. The van der Waals surface area contributed by atoms with Crippen LogP contribution >= 0.6 is 0 Å². The number of carbonyl (C=O) groups is 1. The summed E-state index contributed by atoms with van der Waals surface area (Å²) in [6.45, 7) is 4.90. The number of amides is 1. The predicted molar refractivity (Wildman–Crippen MR) is 107 cm³/mol. The molecule has 28 heavy (non-hydrogen) atoms. The number of nitrogens with one attached hydrogen (secondary N) is 2. The summed E-state index contributed by atoms with van der Waals surface area (Å²) in [7, 11) is 0. The van der Waals surface area contributed by atoms with Gasteiger partial charge in [0.1, 0.15) is 5.75 Å². The summed E-state index contributed by atoms with van der Waals surface area (Å²) < 4.78 is 5.85. The first-order valence-electron chi connectivity index (χ1n) is 9.08. The number of hydrogen-bond donors (Lipinski definition) is 2. The van der Waals surface area contributed by atoms with E-state index in [0.717, 1.165) is 22.4 Å². The van der Waals surface area contributed by atoms with Gasteiger partial charge in [-0.25, -0.2) is 15.0 Å². The summed E-state index contributed by atoms with van der Waals surface area (Å²) >= 11 is 0. The third-order valence-electron chi connectivity index (χ3n) is 4.05. The fourth-order valence-electron chi connectivity index (χ4n) is 2.47. The van der Waals surface area contributed by atoms with Crippen LogP contribution in [0.2, 0.25) is 0 Å². The highest BCUT2D eigenvalue weighted by Crippen LogP contribution is 2.24. The first-order chi connectivity index (χ1) is 13.6.